The van der Waals surface area contributed by atoms with Crippen LogP contribution in [0, 0.1) is 5.92 Å². The van der Waals surface area contributed by atoms with Gasteiger partial charge in [0.05, 0.1) is 0 Å². The van der Waals surface area contributed by atoms with Gasteiger partial charge in [0.2, 0.25) is 0 Å². The molecule has 6 nitrogen and oxygen atoms in total. The van der Waals surface area contributed by atoms with E-state index >= 15 is 0 Å². The van der Waals surface area contributed by atoms with Gasteiger partial charge in [0.1, 0.15) is 17.2 Å². The summed E-state index contributed by atoms with van der Waals surface area (Å²) in [6.07, 6.45) is 2.60. The lowest BCUT2D eigenvalue weighted by Crippen LogP contribution is -2.26. The van der Waals surface area contributed by atoms with E-state index in [-0.39, 0.29) is 0 Å². The fourth-order valence-corrected chi connectivity index (χ4v) is 3.39. The van der Waals surface area contributed by atoms with Crippen LogP contribution < -0.4 is 11.1 Å². The van der Waals surface area contributed by atoms with Crippen molar-refractivity contribution in [3.8, 4) is 0 Å². The van der Waals surface area contributed by atoms with E-state index in [1.54, 1.807) is 36.4 Å². The van der Waals surface area contributed by atoms with E-state index in [0.717, 1.165) is 37.8 Å². The average molecular weight is 419 g/mol. The largest absolute Gasteiger partial charge is 0.434 e. The molecule has 3 heterocycles. The van der Waals surface area contributed by atoms with Crippen molar-refractivity contribution >= 4 is 17.4 Å². The quantitative estimate of drug-likeness (QED) is 0.653. The van der Waals surface area contributed by atoms with Crippen LogP contribution in [0.1, 0.15) is 48.8 Å². The molecule has 9 heteroatoms. The molecule has 0 saturated heterocycles. The Morgan fingerprint density at radius 1 is 1.13 bits per heavy atom. The van der Waals surface area contributed by atoms with Crippen LogP contribution in [0.2, 0.25) is 0 Å². The van der Waals surface area contributed by atoms with Crippen molar-refractivity contribution in [1.29, 1.82) is 0 Å². The predicted molar refractivity (Wildman–Crippen MR) is 108 cm³/mol. The number of nitrogens with two attached hydrogens (primary N) is 1. The molecule has 1 aliphatic rings. The van der Waals surface area contributed by atoms with E-state index in [0.29, 0.717) is 23.2 Å². The Labute approximate surface area is 172 Å². The van der Waals surface area contributed by atoms with E-state index in [1.807, 2.05) is 0 Å². The number of imidazole rings is 1. The van der Waals surface area contributed by atoms with Gasteiger partial charge in [0.15, 0.2) is 5.69 Å². The van der Waals surface area contributed by atoms with Gasteiger partial charge in [-0.1, -0.05) is 19.1 Å². The molecule has 0 atom stereocenters. The summed E-state index contributed by atoms with van der Waals surface area (Å²) in [6, 6.07) is 10.5. The van der Waals surface area contributed by atoms with Crippen LogP contribution in [0.25, 0.3) is 5.65 Å². The molecule has 1 saturated carbocycles. The Hall–Kier alpha value is -3.10. The minimum absolute atomic E-state index is 0.303. The molecular weight excluding hydrogens is 395 g/mol. The van der Waals surface area contributed by atoms with Crippen LogP contribution >= 0.6 is 0 Å². The zero-order valence-corrected chi connectivity index (χ0v) is 16.6. The summed E-state index contributed by atoms with van der Waals surface area (Å²) in [5.74, 6) is 0.926. The maximum atomic E-state index is 12.8. The van der Waals surface area contributed by atoms with Crippen LogP contribution in [0.3, 0.4) is 0 Å². The molecule has 30 heavy (non-hydrogen) atoms. The first kappa shape index (κ1) is 21.6. The van der Waals surface area contributed by atoms with Crippen molar-refractivity contribution in [1.82, 2.24) is 14.4 Å². The summed E-state index contributed by atoms with van der Waals surface area (Å²) >= 11 is 0. The minimum Gasteiger partial charge on any atom is -0.368 e. The molecule has 1 aliphatic carbocycles. The molecule has 3 aromatic rings. The average Bonchev–Trinajstić information content (AvgIpc) is 3.17. The summed E-state index contributed by atoms with van der Waals surface area (Å²) in [6.45, 7) is 2.24. The topological polar surface area (TPSA) is 85.3 Å². The highest BCUT2D eigenvalue weighted by molar-refractivity contribution is 5.90. The number of alkyl halides is 3. The number of amides is 1. The molecule has 3 N–H and O–H groups in total. The number of fused-ring (bicyclic) bond motifs is 1. The van der Waals surface area contributed by atoms with Crippen molar-refractivity contribution in [2.45, 2.75) is 44.8 Å². The maximum absolute atomic E-state index is 12.8. The third-order valence-corrected chi connectivity index (χ3v) is 5.07. The molecule has 4 rings (SSSR count). The van der Waals surface area contributed by atoms with Gasteiger partial charge in [-0.3, -0.25) is 14.2 Å². The molecule has 1 amide bonds. The minimum atomic E-state index is -4.41. The summed E-state index contributed by atoms with van der Waals surface area (Å²) < 4.78 is 39.8. The van der Waals surface area contributed by atoms with E-state index in [1.165, 1.54) is 10.6 Å². The van der Waals surface area contributed by atoms with Crippen molar-refractivity contribution in [2.75, 3.05) is 5.32 Å². The number of rotatable bonds is 3. The number of carbonyl (C=O) groups excluding carboxylic acids is 1. The number of nitrogens with one attached hydrogen (secondary N) is 1. The lowest BCUT2D eigenvalue weighted by molar-refractivity contribution is -0.140. The molecule has 1 fully saturated rings. The van der Waals surface area contributed by atoms with Crippen LogP contribution in [-0.4, -0.2) is 26.3 Å². The van der Waals surface area contributed by atoms with Crippen LogP contribution in [0.5, 0.6) is 0 Å². The number of halogens is 3. The van der Waals surface area contributed by atoms with Crippen molar-refractivity contribution in [2.24, 2.45) is 11.7 Å². The first-order valence-corrected chi connectivity index (χ1v) is 9.76. The van der Waals surface area contributed by atoms with E-state index in [2.05, 4.69) is 22.2 Å². The second-order valence-electron chi connectivity index (χ2n) is 7.44. The number of hydrogen-bond donors (Lipinski definition) is 2. The van der Waals surface area contributed by atoms with E-state index in [9.17, 15) is 18.0 Å². The third kappa shape index (κ3) is 5.49. The fourth-order valence-electron chi connectivity index (χ4n) is 3.39. The highest BCUT2D eigenvalue weighted by atomic mass is 19.4. The molecule has 0 radical (unpaired) electrons. The summed E-state index contributed by atoms with van der Waals surface area (Å²) in [5, 5.41) is 3.36. The molecule has 3 aromatic heterocycles. The first-order chi connectivity index (χ1) is 14.2. The number of nitrogens with zero attached hydrogens (tertiary/aromatic N) is 3. The lowest BCUT2D eigenvalue weighted by Gasteiger charge is -2.27. The molecule has 0 aliphatic heterocycles. The number of hydrogen-bond acceptors (Lipinski definition) is 4. The monoisotopic (exact) mass is 419 g/mol. The van der Waals surface area contributed by atoms with Crippen LogP contribution in [0.15, 0.2) is 48.8 Å². The second-order valence-corrected chi connectivity index (χ2v) is 7.44. The third-order valence-electron chi connectivity index (χ3n) is 5.07. The maximum Gasteiger partial charge on any atom is 0.434 e. The normalized spacial score (nSPS) is 19.1. The molecule has 0 bridgehead atoms. The summed E-state index contributed by atoms with van der Waals surface area (Å²) in [4.78, 5) is 17.7. The van der Waals surface area contributed by atoms with Gasteiger partial charge in [-0.2, -0.15) is 13.2 Å². The van der Waals surface area contributed by atoms with Crippen molar-refractivity contribution in [3.05, 3.63) is 60.2 Å². The first-order valence-electron chi connectivity index (χ1n) is 9.76. The lowest BCUT2D eigenvalue weighted by atomic mass is 9.87. The smallest absolute Gasteiger partial charge is 0.368 e. The van der Waals surface area contributed by atoms with Gasteiger partial charge in [0, 0.05) is 18.4 Å². The Kier molecular flexibility index (Phi) is 6.59. The Bertz CT molecular complexity index is 979. The fraction of sp³-hybridized carbons (Fsp3) is 0.381. The number of aromatic nitrogens is 3. The van der Waals surface area contributed by atoms with Gasteiger partial charge in [0.25, 0.3) is 5.91 Å². The number of primary amides is 1. The highest BCUT2D eigenvalue weighted by Crippen LogP contribution is 2.30. The molecular formula is C21H24F3N5O. The molecule has 160 valence electrons. The van der Waals surface area contributed by atoms with Crippen LogP contribution in [-0.2, 0) is 6.18 Å². The van der Waals surface area contributed by atoms with Crippen molar-refractivity contribution < 1.29 is 18.0 Å². The van der Waals surface area contributed by atoms with Gasteiger partial charge in [-0.25, -0.2) is 4.98 Å². The van der Waals surface area contributed by atoms with E-state index < -0.39 is 17.8 Å². The number of anilines is 1. The van der Waals surface area contributed by atoms with Gasteiger partial charge >= 0.3 is 6.18 Å². The second kappa shape index (κ2) is 9.15. The zero-order chi connectivity index (χ0) is 21.7. The standard InChI is InChI=1S/C15H18F3N3.C6H6N2O/c1-10-5-7-11(8-6-10)19-13-3-2-4-14-20-12(9-21(13)14)15(16,17)18;7-6(9)5-3-1-2-4-8-5/h2-4,9-11,19H,5-8H2,1H3;1-4H,(H2,7,9). The summed E-state index contributed by atoms with van der Waals surface area (Å²) in [5.41, 5.74) is 4.68. The van der Waals surface area contributed by atoms with Crippen LogP contribution in [0.4, 0.5) is 19.0 Å². The Morgan fingerprint density at radius 3 is 2.43 bits per heavy atom. The van der Waals surface area contributed by atoms with Crippen molar-refractivity contribution in [3.63, 3.8) is 0 Å². The van der Waals surface area contributed by atoms with E-state index in [4.69, 9.17) is 5.73 Å². The molecule has 0 spiro atoms. The zero-order valence-electron chi connectivity index (χ0n) is 16.6. The highest BCUT2D eigenvalue weighted by Gasteiger charge is 2.34. The Morgan fingerprint density at radius 2 is 1.87 bits per heavy atom. The SMILES string of the molecule is CC1CCC(Nc2cccc3nc(C(F)(F)F)cn23)CC1.NC(=O)c1ccccn1. The summed E-state index contributed by atoms with van der Waals surface area (Å²) in [7, 11) is 0. The molecule has 0 aromatic carbocycles. The molecule has 0 unspecified atom stereocenters. The number of carbonyl (C=O) groups is 1. The van der Waals surface area contributed by atoms with Gasteiger partial charge < -0.3 is 11.1 Å². The number of pyridine rings is 2. The van der Waals surface area contributed by atoms with Gasteiger partial charge in [-0.15, -0.1) is 0 Å². The predicted octanol–water partition coefficient (Wildman–Crippen LogP) is 4.52. The Balaban J connectivity index is 0.000000239. The van der Waals surface area contributed by atoms with Gasteiger partial charge in [-0.05, 0) is 55.9 Å².